The van der Waals surface area contributed by atoms with Crippen LogP contribution < -0.4 is 5.73 Å². The summed E-state index contributed by atoms with van der Waals surface area (Å²) in [4.78, 5) is 39.8. The molecule has 0 bridgehead atoms. The number of nitrogen functional groups attached to an aromatic ring is 1. The Kier molecular flexibility index (Phi) is 9.03. The number of aliphatic hydroxyl groups excluding tert-OH is 3. The minimum absolute atomic E-state index is 0.0856. The number of hydrogen-bond acceptors (Lipinski definition) is 13. The first kappa shape index (κ1) is 27.7. The smallest absolute Gasteiger partial charge is 0.387 e. The summed E-state index contributed by atoms with van der Waals surface area (Å²) >= 11 is 0. The quantitative estimate of drug-likeness (QED) is 0.157. The van der Waals surface area contributed by atoms with E-state index in [1.807, 2.05) is 14.1 Å². The van der Waals surface area contributed by atoms with E-state index in [-0.39, 0.29) is 23.2 Å². The Hall–Kier alpha value is -1.59. The SMILES string of the molecule is CC(O)N(C)C.Nc1ncnc2c1ncn2[C@@H]1O[C@H](COP(=O)(O)OP(=O)(O)O)C(O)C1O. The number of nitrogens with zero attached hydrogens (tertiary/aromatic N) is 5. The Labute approximate surface area is 187 Å². The lowest BCUT2D eigenvalue weighted by molar-refractivity contribution is -0.0503. The highest BCUT2D eigenvalue weighted by molar-refractivity contribution is 7.60. The molecule has 0 amide bonds. The average Bonchev–Trinajstić information content (AvgIpc) is 3.22. The molecule has 2 aromatic rings. The zero-order valence-electron chi connectivity index (χ0n) is 17.7. The van der Waals surface area contributed by atoms with Gasteiger partial charge in [-0.15, -0.1) is 0 Å². The van der Waals surface area contributed by atoms with Crippen molar-refractivity contribution < 1.29 is 52.7 Å². The van der Waals surface area contributed by atoms with Gasteiger partial charge in [0.15, 0.2) is 17.7 Å². The van der Waals surface area contributed by atoms with Crippen molar-refractivity contribution in [2.45, 2.75) is 37.7 Å². The van der Waals surface area contributed by atoms with Gasteiger partial charge in [0.2, 0.25) is 0 Å². The highest BCUT2D eigenvalue weighted by Gasteiger charge is 2.46. The number of nitrogens with two attached hydrogens (primary N) is 1. The van der Waals surface area contributed by atoms with Crippen LogP contribution in [0.15, 0.2) is 12.7 Å². The Morgan fingerprint density at radius 2 is 1.82 bits per heavy atom. The third-order valence-electron chi connectivity index (χ3n) is 4.36. The van der Waals surface area contributed by atoms with Crippen LogP contribution in [0.1, 0.15) is 13.2 Å². The summed E-state index contributed by atoms with van der Waals surface area (Å²) in [5.74, 6) is 0.0856. The number of aromatic nitrogens is 4. The van der Waals surface area contributed by atoms with Crippen LogP contribution in [-0.4, -0.2) is 99.7 Å². The van der Waals surface area contributed by atoms with E-state index in [0.717, 1.165) is 6.33 Å². The molecule has 1 aliphatic rings. The third kappa shape index (κ3) is 7.45. The molecule has 0 saturated carbocycles. The van der Waals surface area contributed by atoms with Gasteiger partial charge in [-0.05, 0) is 21.0 Å². The fourth-order valence-electron chi connectivity index (χ4n) is 2.48. The normalized spacial score (nSPS) is 26.1. The van der Waals surface area contributed by atoms with E-state index in [2.05, 4.69) is 23.8 Å². The van der Waals surface area contributed by atoms with Crippen molar-refractivity contribution in [3.63, 3.8) is 0 Å². The van der Waals surface area contributed by atoms with Crippen LogP contribution in [0.4, 0.5) is 5.82 Å². The second kappa shape index (κ2) is 10.8. The number of rotatable bonds is 7. The molecule has 0 spiro atoms. The molecule has 0 aliphatic carbocycles. The summed E-state index contributed by atoms with van der Waals surface area (Å²) in [6.45, 7) is 0.909. The summed E-state index contributed by atoms with van der Waals surface area (Å²) in [5, 5.41) is 28.8. The monoisotopic (exact) mass is 516 g/mol. The van der Waals surface area contributed by atoms with Crippen LogP contribution in [0.2, 0.25) is 0 Å². The predicted octanol–water partition coefficient (Wildman–Crippen LogP) is -1.86. The van der Waals surface area contributed by atoms with Crippen molar-refractivity contribution in [3.8, 4) is 0 Å². The Morgan fingerprint density at radius 3 is 2.36 bits per heavy atom. The van der Waals surface area contributed by atoms with Crippen molar-refractivity contribution in [2.24, 2.45) is 0 Å². The van der Waals surface area contributed by atoms with Gasteiger partial charge in [0, 0.05) is 0 Å². The van der Waals surface area contributed by atoms with Gasteiger partial charge in [-0.2, -0.15) is 4.31 Å². The first-order valence-electron chi connectivity index (χ1n) is 9.16. The molecule has 3 heterocycles. The fraction of sp³-hybridized carbons (Fsp3) is 0.643. The number of anilines is 1. The van der Waals surface area contributed by atoms with Crippen molar-refractivity contribution in [3.05, 3.63) is 12.7 Å². The number of imidazole rings is 1. The van der Waals surface area contributed by atoms with Gasteiger partial charge in [-0.1, -0.05) is 0 Å². The lowest BCUT2D eigenvalue weighted by Crippen LogP contribution is -2.33. The maximum atomic E-state index is 11.5. The lowest BCUT2D eigenvalue weighted by Gasteiger charge is -2.17. The van der Waals surface area contributed by atoms with Crippen molar-refractivity contribution in [2.75, 3.05) is 26.4 Å². The minimum Gasteiger partial charge on any atom is -0.387 e. The number of fused-ring (bicyclic) bond motifs is 1. The average molecular weight is 516 g/mol. The molecule has 1 fully saturated rings. The van der Waals surface area contributed by atoms with Gasteiger partial charge >= 0.3 is 15.6 Å². The standard InChI is InChI=1S/C10H15N5O10P2.C4H11NO/c11-8-5-9(13-2-12-8)15(3-14-5)10-7(17)6(16)4(24-10)1-23-27(21,22)25-26(18,19)20;1-4(6)5(2)3/h2-4,6-7,10,16-17H,1H2,(H,21,22)(H2,11,12,13)(H2,18,19,20);4,6H,1-3H3/t4-,6?,7?,10-;/m1./s1. The Morgan fingerprint density at radius 1 is 1.21 bits per heavy atom. The molecule has 0 radical (unpaired) electrons. The zero-order valence-corrected chi connectivity index (χ0v) is 19.5. The summed E-state index contributed by atoms with van der Waals surface area (Å²) in [7, 11) is -6.77. The molecule has 17 nitrogen and oxygen atoms in total. The van der Waals surface area contributed by atoms with E-state index in [1.165, 1.54) is 10.9 Å². The molecule has 4 unspecified atom stereocenters. The number of phosphoric acid groups is 2. The van der Waals surface area contributed by atoms with E-state index in [1.54, 1.807) is 11.8 Å². The second-order valence-electron chi connectivity index (χ2n) is 7.06. The first-order chi connectivity index (χ1) is 15.1. The van der Waals surface area contributed by atoms with Gasteiger partial charge < -0.3 is 40.5 Å². The Bertz CT molecular complexity index is 1020. The van der Waals surface area contributed by atoms with Crippen molar-refractivity contribution >= 4 is 32.6 Å². The van der Waals surface area contributed by atoms with E-state index in [4.69, 9.17) is 25.4 Å². The predicted molar refractivity (Wildman–Crippen MR) is 110 cm³/mol. The molecule has 3 rings (SSSR count). The summed E-state index contributed by atoms with van der Waals surface area (Å²) in [5.41, 5.74) is 6.11. The van der Waals surface area contributed by atoms with Crippen LogP contribution in [0, 0.1) is 0 Å². The minimum atomic E-state index is -5.29. The van der Waals surface area contributed by atoms with Crippen LogP contribution in [0.3, 0.4) is 0 Å². The molecule has 19 heteroatoms. The van der Waals surface area contributed by atoms with E-state index in [0.29, 0.717) is 0 Å². The fourth-order valence-corrected chi connectivity index (χ4v) is 4.08. The maximum absolute atomic E-state index is 11.5. The van der Waals surface area contributed by atoms with Gasteiger partial charge in [0.1, 0.15) is 36.4 Å². The largest absolute Gasteiger partial charge is 0.481 e. The van der Waals surface area contributed by atoms with Gasteiger partial charge in [0.25, 0.3) is 0 Å². The van der Waals surface area contributed by atoms with Crippen LogP contribution in [-0.2, 0) is 22.7 Å². The summed E-state index contributed by atoms with van der Waals surface area (Å²) in [6, 6.07) is 0. The summed E-state index contributed by atoms with van der Waals surface area (Å²) in [6.07, 6.45) is -3.51. The van der Waals surface area contributed by atoms with E-state index < -0.39 is 46.8 Å². The van der Waals surface area contributed by atoms with Gasteiger partial charge in [0.05, 0.1) is 12.9 Å². The molecule has 2 aromatic heterocycles. The van der Waals surface area contributed by atoms with Crippen molar-refractivity contribution in [1.82, 2.24) is 24.4 Å². The Balaban J connectivity index is 0.000000569. The number of phosphoric ester groups is 1. The van der Waals surface area contributed by atoms with Crippen LogP contribution in [0.5, 0.6) is 0 Å². The molecular formula is C14H26N6O11P2. The molecule has 6 atom stereocenters. The highest BCUT2D eigenvalue weighted by atomic mass is 31.3. The highest BCUT2D eigenvalue weighted by Crippen LogP contribution is 2.57. The van der Waals surface area contributed by atoms with E-state index >= 15 is 0 Å². The molecule has 188 valence electrons. The van der Waals surface area contributed by atoms with Gasteiger partial charge in [-0.25, -0.2) is 24.1 Å². The first-order valence-corrected chi connectivity index (χ1v) is 12.2. The molecule has 0 aromatic carbocycles. The number of ether oxygens (including phenoxy) is 1. The number of aliphatic hydroxyl groups is 3. The van der Waals surface area contributed by atoms with Crippen LogP contribution >= 0.6 is 15.6 Å². The van der Waals surface area contributed by atoms with Gasteiger partial charge in [-0.3, -0.25) is 14.0 Å². The van der Waals surface area contributed by atoms with Crippen LogP contribution in [0.25, 0.3) is 11.2 Å². The topological polar surface area (TPSA) is 256 Å². The molecule has 1 saturated heterocycles. The third-order valence-corrected chi connectivity index (χ3v) is 6.51. The molecular weight excluding hydrogens is 490 g/mol. The molecule has 8 N–H and O–H groups in total. The maximum Gasteiger partial charge on any atom is 0.481 e. The molecule has 1 aliphatic heterocycles. The van der Waals surface area contributed by atoms with Crippen molar-refractivity contribution in [1.29, 1.82) is 0 Å². The summed E-state index contributed by atoms with van der Waals surface area (Å²) < 4.78 is 36.8. The zero-order chi connectivity index (χ0) is 25.1. The number of hydrogen-bond donors (Lipinski definition) is 7. The van der Waals surface area contributed by atoms with E-state index in [9.17, 15) is 24.2 Å². The molecule has 33 heavy (non-hydrogen) atoms. The second-order valence-corrected chi connectivity index (χ2v) is 9.89. The lowest BCUT2D eigenvalue weighted by atomic mass is 10.1.